The lowest BCUT2D eigenvalue weighted by Crippen LogP contribution is -2.36. The number of rotatable bonds is 6. The van der Waals surface area contributed by atoms with Gasteiger partial charge in [-0.2, -0.15) is 0 Å². The molecule has 2 fully saturated rings. The van der Waals surface area contributed by atoms with Gasteiger partial charge in [0.1, 0.15) is 11.5 Å². The highest BCUT2D eigenvalue weighted by Gasteiger charge is 2.30. The molecule has 1 N–H and O–H groups in total. The summed E-state index contributed by atoms with van der Waals surface area (Å²) in [6.07, 6.45) is 4.48. The molecule has 11 nitrogen and oxygen atoms in total. The number of hydrogen-bond acceptors (Lipinski definition) is 9. The predicted molar refractivity (Wildman–Crippen MR) is 108 cm³/mol. The van der Waals surface area contributed by atoms with E-state index in [0.717, 1.165) is 19.3 Å². The van der Waals surface area contributed by atoms with E-state index in [1.807, 2.05) is 4.90 Å². The van der Waals surface area contributed by atoms with Crippen LogP contribution in [-0.2, 0) is 9.47 Å². The summed E-state index contributed by atoms with van der Waals surface area (Å²) in [7, 11) is 0. The Labute approximate surface area is 173 Å². The number of hydrogen-bond donors (Lipinski definition) is 1. The molecule has 4 heterocycles. The maximum Gasteiger partial charge on any atom is 0.334 e. The average Bonchev–Trinajstić information content (AvgIpc) is 3.11. The van der Waals surface area contributed by atoms with Gasteiger partial charge in [0, 0.05) is 32.0 Å². The SMILES string of the molecule is Cc1c([N+](=O)[O-])c(Nc2cc(N3CCOCC3)ncc2C=O)nn1C1CCCCO1. The summed E-state index contributed by atoms with van der Waals surface area (Å²) in [5, 5.41) is 19.2. The van der Waals surface area contributed by atoms with Gasteiger partial charge >= 0.3 is 5.69 Å². The second kappa shape index (κ2) is 8.76. The fourth-order valence-electron chi connectivity index (χ4n) is 3.76. The first kappa shape index (κ1) is 20.2. The summed E-state index contributed by atoms with van der Waals surface area (Å²) < 4.78 is 12.7. The Hall–Kier alpha value is -3.05. The number of ether oxygens (including phenoxy) is 2. The molecule has 2 aromatic rings. The van der Waals surface area contributed by atoms with Crippen LogP contribution in [0.1, 0.15) is 41.5 Å². The molecule has 0 radical (unpaired) electrons. The Morgan fingerprint density at radius 2 is 2.10 bits per heavy atom. The molecule has 4 rings (SSSR count). The molecule has 1 unspecified atom stereocenters. The number of carbonyl (C=O) groups is 1. The van der Waals surface area contributed by atoms with Crippen LogP contribution in [0.3, 0.4) is 0 Å². The Balaban J connectivity index is 1.69. The molecular weight excluding hydrogens is 392 g/mol. The van der Waals surface area contributed by atoms with Crippen LogP contribution in [0.15, 0.2) is 12.3 Å². The van der Waals surface area contributed by atoms with Gasteiger partial charge in [-0.05, 0) is 26.2 Å². The zero-order valence-electron chi connectivity index (χ0n) is 16.7. The molecule has 0 bridgehead atoms. The van der Waals surface area contributed by atoms with Crippen LogP contribution in [-0.4, -0.2) is 58.9 Å². The maximum absolute atomic E-state index is 11.8. The molecule has 2 aliphatic rings. The van der Waals surface area contributed by atoms with Crippen LogP contribution >= 0.6 is 0 Å². The van der Waals surface area contributed by atoms with Crippen LogP contribution in [0.4, 0.5) is 23.0 Å². The third-order valence-electron chi connectivity index (χ3n) is 5.36. The largest absolute Gasteiger partial charge is 0.378 e. The summed E-state index contributed by atoms with van der Waals surface area (Å²) in [5.41, 5.74) is 0.983. The van der Waals surface area contributed by atoms with E-state index in [4.69, 9.17) is 9.47 Å². The van der Waals surface area contributed by atoms with E-state index in [1.54, 1.807) is 17.7 Å². The first-order valence-electron chi connectivity index (χ1n) is 9.98. The van der Waals surface area contributed by atoms with Gasteiger partial charge in [0.2, 0.25) is 5.82 Å². The summed E-state index contributed by atoms with van der Waals surface area (Å²) in [4.78, 5) is 29.2. The van der Waals surface area contributed by atoms with Gasteiger partial charge in [-0.1, -0.05) is 0 Å². The highest BCUT2D eigenvalue weighted by atomic mass is 16.6. The molecule has 30 heavy (non-hydrogen) atoms. The maximum atomic E-state index is 11.8. The van der Waals surface area contributed by atoms with Crippen molar-refractivity contribution in [1.29, 1.82) is 0 Å². The Bertz CT molecular complexity index is 934. The molecule has 2 aromatic heterocycles. The van der Waals surface area contributed by atoms with Crippen molar-refractivity contribution in [3.8, 4) is 0 Å². The van der Waals surface area contributed by atoms with Crippen molar-refractivity contribution < 1.29 is 19.2 Å². The van der Waals surface area contributed by atoms with Crippen LogP contribution in [0.2, 0.25) is 0 Å². The molecule has 2 aliphatic heterocycles. The summed E-state index contributed by atoms with van der Waals surface area (Å²) in [5.74, 6) is 0.745. The lowest BCUT2D eigenvalue weighted by Gasteiger charge is -2.28. The molecule has 0 amide bonds. The summed E-state index contributed by atoms with van der Waals surface area (Å²) in [6.45, 7) is 4.80. The van der Waals surface area contributed by atoms with Crippen molar-refractivity contribution in [3.63, 3.8) is 0 Å². The first-order chi connectivity index (χ1) is 14.6. The molecule has 2 saturated heterocycles. The van der Waals surface area contributed by atoms with E-state index < -0.39 is 4.92 Å². The normalized spacial score (nSPS) is 19.5. The number of pyridine rings is 1. The van der Waals surface area contributed by atoms with E-state index >= 15 is 0 Å². The zero-order valence-corrected chi connectivity index (χ0v) is 16.7. The van der Waals surface area contributed by atoms with Crippen LogP contribution in [0.5, 0.6) is 0 Å². The molecule has 11 heteroatoms. The second-order valence-corrected chi connectivity index (χ2v) is 7.28. The minimum atomic E-state index is -0.464. The Kier molecular flexibility index (Phi) is 5.91. The number of carbonyl (C=O) groups excluding carboxylic acids is 1. The number of morpholine rings is 1. The van der Waals surface area contributed by atoms with E-state index in [2.05, 4.69) is 15.4 Å². The van der Waals surface area contributed by atoms with Crippen molar-refractivity contribution in [2.45, 2.75) is 32.4 Å². The predicted octanol–water partition coefficient (Wildman–Crippen LogP) is 2.59. The number of nitrogens with one attached hydrogen (secondary N) is 1. The lowest BCUT2D eigenvalue weighted by atomic mass is 10.2. The van der Waals surface area contributed by atoms with Gasteiger partial charge in [0.05, 0.1) is 29.4 Å². The number of aldehydes is 1. The van der Waals surface area contributed by atoms with Crippen LogP contribution in [0.25, 0.3) is 0 Å². The fourth-order valence-corrected chi connectivity index (χ4v) is 3.76. The third kappa shape index (κ3) is 3.98. The minimum Gasteiger partial charge on any atom is -0.378 e. The van der Waals surface area contributed by atoms with E-state index in [-0.39, 0.29) is 17.7 Å². The Morgan fingerprint density at radius 3 is 2.77 bits per heavy atom. The highest BCUT2D eigenvalue weighted by Crippen LogP contribution is 2.35. The molecule has 0 aromatic carbocycles. The number of anilines is 3. The number of nitrogens with zero attached hydrogens (tertiary/aromatic N) is 5. The van der Waals surface area contributed by atoms with Gasteiger partial charge in [0.15, 0.2) is 12.5 Å². The Morgan fingerprint density at radius 1 is 1.30 bits per heavy atom. The van der Waals surface area contributed by atoms with Crippen molar-refractivity contribution in [2.75, 3.05) is 43.1 Å². The van der Waals surface area contributed by atoms with Crippen LogP contribution in [0, 0.1) is 17.0 Å². The van der Waals surface area contributed by atoms with Crippen molar-refractivity contribution >= 4 is 29.3 Å². The average molecular weight is 416 g/mol. The minimum absolute atomic E-state index is 0.0777. The first-order valence-corrected chi connectivity index (χ1v) is 9.98. The smallest absolute Gasteiger partial charge is 0.334 e. The van der Waals surface area contributed by atoms with Crippen molar-refractivity contribution in [3.05, 3.63) is 33.6 Å². The van der Waals surface area contributed by atoms with Gasteiger partial charge in [0.25, 0.3) is 0 Å². The number of nitro groups is 1. The second-order valence-electron chi connectivity index (χ2n) is 7.28. The molecular formula is C19H24N6O5. The zero-order chi connectivity index (χ0) is 21.1. The monoisotopic (exact) mass is 416 g/mol. The quantitative estimate of drug-likeness (QED) is 0.430. The molecule has 0 aliphatic carbocycles. The highest BCUT2D eigenvalue weighted by molar-refractivity contribution is 5.87. The van der Waals surface area contributed by atoms with E-state index in [1.165, 1.54) is 6.20 Å². The van der Waals surface area contributed by atoms with Gasteiger partial charge in [-0.15, -0.1) is 5.10 Å². The fraction of sp³-hybridized carbons (Fsp3) is 0.526. The molecule has 0 spiro atoms. The van der Waals surface area contributed by atoms with Crippen molar-refractivity contribution in [1.82, 2.24) is 14.8 Å². The molecule has 160 valence electrons. The van der Waals surface area contributed by atoms with Crippen molar-refractivity contribution in [2.24, 2.45) is 0 Å². The third-order valence-corrected chi connectivity index (χ3v) is 5.36. The van der Waals surface area contributed by atoms with Gasteiger partial charge < -0.3 is 19.7 Å². The summed E-state index contributed by atoms with van der Waals surface area (Å²) >= 11 is 0. The number of aromatic nitrogens is 3. The van der Waals surface area contributed by atoms with Gasteiger partial charge in [-0.3, -0.25) is 14.9 Å². The van der Waals surface area contributed by atoms with E-state index in [0.29, 0.717) is 62.0 Å². The van der Waals surface area contributed by atoms with E-state index in [9.17, 15) is 14.9 Å². The van der Waals surface area contributed by atoms with Crippen LogP contribution < -0.4 is 10.2 Å². The summed E-state index contributed by atoms with van der Waals surface area (Å²) in [6, 6.07) is 1.71. The molecule has 1 atom stereocenters. The topological polar surface area (TPSA) is 125 Å². The lowest BCUT2D eigenvalue weighted by molar-refractivity contribution is -0.384. The standard InChI is InChI=1S/C19H24N6O5/c1-13-18(25(27)28)19(22-24(13)17-4-2-3-7-30-17)21-15-10-16(20-11-14(15)12-26)23-5-8-29-9-6-23/h10-12,17H,2-9H2,1H3,(H,20,21,22). The van der Waals surface area contributed by atoms with Gasteiger partial charge in [-0.25, -0.2) is 9.67 Å². The molecule has 0 saturated carbocycles.